The fraction of sp³-hybridized carbons (Fsp3) is 0.0909. The molecule has 1 N–H and O–H groups in total. The van der Waals surface area contributed by atoms with Gasteiger partial charge in [-0.3, -0.25) is 19.2 Å². The minimum atomic E-state index is -3.87. The fourth-order valence-corrected chi connectivity index (χ4v) is 4.04. The van der Waals surface area contributed by atoms with Gasteiger partial charge in [0.1, 0.15) is 0 Å². The number of para-hydroxylation sites is 1. The van der Waals surface area contributed by atoms with Crippen LogP contribution < -0.4 is 9.62 Å². The number of carbonyl (C=O) groups is 2. The molecule has 0 fully saturated rings. The Morgan fingerprint density at radius 3 is 2.32 bits per heavy atom. The van der Waals surface area contributed by atoms with Crippen LogP contribution in [0.4, 0.5) is 21.5 Å². The number of nitrogens with zero attached hydrogens (tertiary/aromatic N) is 2. The fourth-order valence-electron chi connectivity index (χ4n) is 2.84. The summed E-state index contributed by atoms with van der Waals surface area (Å²) in [6, 6.07) is 16.2. The highest BCUT2D eigenvalue weighted by Crippen LogP contribution is 2.23. The van der Waals surface area contributed by atoms with Crippen LogP contribution in [0.2, 0.25) is 0 Å². The van der Waals surface area contributed by atoms with Crippen molar-refractivity contribution in [3.05, 3.63) is 94.3 Å². The number of nitro groups is 1. The Morgan fingerprint density at radius 1 is 1.06 bits per heavy atom. The molecule has 0 aromatic heterocycles. The van der Waals surface area contributed by atoms with Crippen molar-refractivity contribution in [2.24, 2.45) is 0 Å². The molecule has 0 aliphatic carbocycles. The number of halogens is 1. The van der Waals surface area contributed by atoms with Crippen LogP contribution >= 0.6 is 0 Å². The zero-order valence-electron chi connectivity index (χ0n) is 17.7. The van der Waals surface area contributed by atoms with E-state index in [9.17, 15) is 32.5 Å². The number of anilines is 2. The van der Waals surface area contributed by atoms with Crippen molar-refractivity contribution in [2.45, 2.75) is 4.90 Å². The zero-order valence-corrected chi connectivity index (χ0v) is 18.5. The van der Waals surface area contributed by atoms with Gasteiger partial charge in [-0.05, 0) is 48.5 Å². The lowest BCUT2D eigenvalue weighted by atomic mass is 10.2. The number of hydrogen-bond acceptors (Lipinski definition) is 7. The summed E-state index contributed by atoms with van der Waals surface area (Å²) in [4.78, 5) is 34.0. The molecule has 0 radical (unpaired) electrons. The minimum Gasteiger partial charge on any atom is -0.452 e. The summed E-state index contributed by atoms with van der Waals surface area (Å²) in [5, 5.41) is 13.0. The largest absolute Gasteiger partial charge is 0.452 e. The van der Waals surface area contributed by atoms with Crippen molar-refractivity contribution in [3.8, 4) is 0 Å². The zero-order chi connectivity index (χ0) is 24.9. The standard InChI is InChI=1S/C22H18FN3O7S/c1-25(17-5-3-2-4-6-17)34(31,32)18-10-7-15(8-11-18)22(28)33-14-21(27)24-16-9-12-19(23)20(13-16)26(29)30/h2-13H,14H2,1H3,(H,24,27). The molecule has 0 spiro atoms. The molecule has 0 saturated heterocycles. The van der Waals surface area contributed by atoms with Crippen LogP contribution in [0.1, 0.15) is 10.4 Å². The Bertz CT molecular complexity index is 1330. The van der Waals surface area contributed by atoms with E-state index in [2.05, 4.69) is 5.32 Å². The number of hydrogen-bond donors (Lipinski definition) is 1. The lowest BCUT2D eigenvalue weighted by Crippen LogP contribution is -2.26. The highest BCUT2D eigenvalue weighted by molar-refractivity contribution is 7.92. The molecule has 0 saturated carbocycles. The van der Waals surface area contributed by atoms with Crippen molar-refractivity contribution in [2.75, 3.05) is 23.3 Å². The molecule has 34 heavy (non-hydrogen) atoms. The molecule has 10 nitrogen and oxygen atoms in total. The summed E-state index contributed by atoms with van der Waals surface area (Å²) in [5.74, 6) is -2.76. The average Bonchev–Trinajstić information content (AvgIpc) is 2.83. The molecular weight excluding hydrogens is 469 g/mol. The number of ether oxygens (including phenoxy) is 1. The third kappa shape index (κ3) is 5.53. The topological polar surface area (TPSA) is 136 Å². The number of amides is 1. The second kappa shape index (κ2) is 10.1. The SMILES string of the molecule is CN(c1ccccc1)S(=O)(=O)c1ccc(C(=O)OCC(=O)Nc2ccc(F)c([N+](=O)[O-])c2)cc1. The summed E-state index contributed by atoms with van der Waals surface area (Å²) in [6.45, 7) is -0.721. The van der Waals surface area contributed by atoms with Crippen molar-refractivity contribution in [3.63, 3.8) is 0 Å². The predicted molar refractivity (Wildman–Crippen MR) is 120 cm³/mol. The summed E-state index contributed by atoms with van der Waals surface area (Å²) in [7, 11) is -2.46. The number of rotatable bonds is 8. The molecule has 0 unspecified atom stereocenters. The van der Waals surface area contributed by atoms with E-state index in [-0.39, 0.29) is 16.1 Å². The summed E-state index contributed by atoms with van der Waals surface area (Å²) < 4.78 is 44.9. The molecule has 12 heteroatoms. The summed E-state index contributed by atoms with van der Waals surface area (Å²) >= 11 is 0. The Balaban J connectivity index is 1.61. The maximum Gasteiger partial charge on any atom is 0.338 e. The molecule has 3 aromatic carbocycles. The van der Waals surface area contributed by atoms with E-state index in [0.29, 0.717) is 5.69 Å². The van der Waals surface area contributed by atoms with Crippen molar-refractivity contribution in [1.29, 1.82) is 0 Å². The highest BCUT2D eigenvalue weighted by atomic mass is 32.2. The van der Waals surface area contributed by atoms with Crippen molar-refractivity contribution in [1.82, 2.24) is 0 Å². The van der Waals surface area contributed by atoms with Gasteiger partial charge in [-0.1, -0.05) is 18.2 Å². The van der Waals surface area contributed by atoms with Gasteiger partial charge in [0.25, 0.3) is 15.9 Å². The van der Waals surface area contributed by atoms with Crippen LogP contribution in [-0.4, -0.2) is 38.9 Å². The quantitative estimate of drug-likeness (QED) is 0.292. The third-order valence-electron chi connectivity index (χ3n) is 4.63. The molecule has 0 heterocycles. The van der Waals surface area contributed by atoms with Gasteiger partial charge in [-0.15, -0.1) is 0 Å². The Morgan fingerprint density at radius 2 is 1.71 bits per heavy atom. The number of benzene rings is 3. The summed E-state index contributed by atoms with van der Waals surface area (Å²) in [5.41, 5.74) is -0.399. The van der Waals surface area contributed by atoms with Crippen LogP contribution in [0.3, 0.4) is 0 Å². The van der Waals surface area contributed by atoms with Gasteiger partial charge in [0.15, 0.2) is 6.61 Å². The van der Waals surface area contributed by atoms with Crippen molar-refractivity contribution < 1.29 is 32.1 Å². The number of sulfonamides is 1. The Labute approximate surface area is 193 Å². The first-order valence-corrected chi connectivity index (χ1v) is 11.1. The van der Waals surface area contributed by atoms with E-state index >= 15 is 0 Å². The molecular formula is C22H18FN3O7S. The Hall–Kier alpha value is -4.32. The molecule has 0 bridgehead atoms. The maximum atomic E-state index is 13.4. The lowest BCUT2D eigenvalue weighted by molar-refractivity contribution is -0.387. The van der Waals surface area contributed by atoms with Gasteiger partial charge in [0.05, 0.1) is 21.1 Å². The molecule has 0 aliphatic heterocycles. The van der Waals surface area contributed by atoms with E-state index in [1.807, 2.05) is 0 Å². The second-order valence-corrected chi connectivity index (χ2v) is 8.85. The molecule has 1 amide bonds. The van der Waals surface area contributed by atoms with Crippen LogP contribution in [0.5, 0.6) is 0 Å². The smallest absolute Gasteiger partial charge is 0.338 e. The van der Waals surface area contributed by atoms with Crippen LogP contribution in [0.25, 0.3) is 0 Å². The molecule has 3 aromatic rings. The van der Waals surface area contributed by atoms with Crippen LogP contribution in [0, 0.1) is 15.9 Å². The van der Waals surface area contributed by atoms with Gasteiger partial charge in [0.2, 0.25) is 5.82 Å². The maximum absolute atomic E-state index is 13.4. The summed E-state index contributed by atoms with van der Waals surface area (Å²) in [6.07, 6.45) is 0. The van der Waals surface area contributed by atoms with E-state index < -0.39 is 44.9 Å². The van der Waals surface area contributed by atoms with Crippen LogP contribution in [-0.2, 0) is 19.6 Å². The first-order chi connectivity index (χ1) is 16.1. The van der Waals surface area contributed by atoms with Gasteiger partial charge >= 0.3 is 11.7 Å². The predicted octanol–water partition coefficient (Wildman–Crippen LogP) is 3.35. The van der Waals surface area contributed by atoms with Gasteiger partial charge in [-0.25, -0.2) is 13.2 Å². The van der Waals surface area contributed by atoms with Crippen LogP contribution in [0.15, 0.2) is 77.7 Å². The average molecular weight is 487 g/mol. The van der Waals surface area contributed by atoms with Gasteiger partial charge < -0.3 is 10.1 Å². The molecule has 0 atom stereocenters. The first kappa shape index (κ1) is 24.3. The minimum absolute atomic E-state index is 0.00605. The second-order valence-electron chi connectivity index (χ2n) is 6.88. The first-order valence-electron chi connectivity index (χ1n) is 9.64. The normalized spacial score (nSPS) is 10.9. The molecule has 3 rings (SSSR count). The molecule has 176 valence electrons. The van der Waals surface area contributed by atoms with E-state index in [4.69, 9.17) is 4.74 Å². The monoisotopic (exact) mass is 487 g/mol. The highest BCUT2D eigenvalue weighted by Gasteiger charge is 2.22. The lowest BCUT2D eigenvalue weighted by Gasteiger charge is -2.19. The van der Waals surface area contributed by atoms with Gasteiger partial charge in [0, 0.05) is 18.8 Å². The van der Waals surface area contributed by atoms with Gasteiger partial charge in [-0.2, -0.15) is 4.39 Å². The van der Waals surface area contributed by atoms with Crippen molar-refractivity contribution >= 4 is 39.0 Å². The number of carbonyl (C=O) groups excluding carboxylic acids is 2. The number of esters is 1. The van der Waals surface area contributed by atoms with E-state index in [1.165, 1.54) is 31.3 Å². The number of nitrogens with one attached hydrogen (secondary N) is 1. The van der Waals surface area contributed by atoms with E-state index in [1.54, 1.807) is 30.3 Å². The van der Waals surface area contributed by atoms with E-state index in [0.717, 1.165) is 22.5 Å². The third-order valence-corrected chi connectivity index (χ3v) is 6.43. The number of nitro benzene ring substituents is 1. The Kier molecular flexibility index (Phi) is 7.21. The molecule has 0 aliphatic rings.